The number of anilines is 1. The molecule has 0 saturated heterocycles. The molecule has 1 aliphatic rings. The van der Waals surface area contributed by atoms with E-state index in [0.717, 1.165) is 12.5 Å². The van der Waals surface area contributed by atoms with Crippen LogP contribution >= 0.6 is 0 Å². The van der Waals surface area contributed by atoms with Gasteiger partial charge in [0.05, 0.1) is 6.04 Å². The van der Waals surface area contributed by atoms with Crippen LogP contribution < -0.4 is 10.6 Å². The van der Waals surface area contributed by atoms with Crippen molar-refractivity contribution < 1.29 is 4.42 Å². The minimum Gasteiger partial charge on any atom is -0.406 e. The fraction of sp³-hybridized carbons (Fsp3) is 0.818. The number of nitrogens with zero attached hydrogens (tertiary/aromatic N) is 2. The first-order valence-corrected chi connectivity index (χ1v) is 5.77. The molecule has 1 aromatic rings. The first-order valence-electron chi connectivity index (χ1n) is 5.77. The Labute approximate surface area is 96.0 Å². The van der Waals surface area contributed by atoms with E-state index in [-0.39, 0.29) is 6.04 Å². The zero-order valence-electron chi connectivity index (χ0n) is 10.4. The first kappa shape index (κ1) is 11.4. The van der Waals surface area contributed by atoms with Gasteiger partial charge in [-0.1, -0.05) is 18.9 Å². The maximum atomic E-state index is 5.49. The second-order valence-electron chi connectivity index (χ2n) is 5.23. The van der Waals surface area contributed by atoms with Crippen molar-refractivity contribution >= 4 is 6.01 Å². The molecule has 0 spiro atoms. The molecule has 1 heterocycles. The van der Waals surface area contributed by atoms with Crippen molar-refractivity contribution in [2.24, 2.45) is 11.3 Å². The number of nitrogens with one attached hydrogen (secondary N) is 2. The van der Waals surface area contributed by atoms with Crippen LogP contribution in [-0.2, 0) is 0 Å². The lowest BCUT2D eigenvalue weighted by atomic mass is 10.1. The molecule has 5 heteroatoms. The number of rotatable bonds is 5. The van der Waals surface area contributed by atoms with Gasteiger partial charge in [0.15, 0.2) is 0 Å². The lowest BCUT2D eigenvalue weighted by Crippen LogP contribution is -2.12. The molecule has 5 nitrogen and oxygen atoms in total. The molecule has 2 unspecified atom stereocenters. The molecular formula is C11H20N4O. The third-order valence-corrected chi connectivity index (χ3v) is 3.46. The van der Waals surface area contributed by atoms with Gasteiger partial charge in [-0.05, 0) is 31.7 Å². The minimum atomic E-state index is 0.0976. The molecule has 2 rings (SSSR count). The Bertz CT molecular complexity index is 361. The van der Waals surface area contributed by atoms with Crippen molar-refractivity contribution in [2.45, 2.75) is 33.2 Å². The predicted octanol–water partition coefficient (Wildman–Crippen LogP) is 1.81. The molecule has 1 fully saturated rings. The summed E-state index contributed by atoms with van der Waals surface area (Å²) >= 11 is 0. The average molecular weight is 224 g/mol. The number of hydrogen-bond donors (Lipinski definition) is 2. The minimum absolute atomic E-state index is 0.0976. The first-order chi connectivity index (χ1) is 7.53. The Morgan fingerprint density at radius 2 is 2.19 bits per heavy atom. The topological polar surface area (TPSA) is 63.0 Å². The largest absolute Gasteiger partial charge is 0.406 e. The maximum Gasteiger partial charge on any atom is 0.315 e. The average Bonchev–Trinajstić information content (AvgIpc) is 2.68. The summed E-state index contributed by atoms with van der Waals surface area (Å²) in [5.41, 5.74) is 0.480. The van der Waals surface area contributed by atoms with E-state index in [1.807, 2.05) is 14.0 Å². The highest BCUT2D eigenvalue weighted by Crippen LogP contribution is 2.51. The summed E-state index contributed by atoms with van der Waals surface area (Å²) in [4.78, 5) is 0. The summed E-state index contributed by atoms with van der Waals surface area (Å²) in [6, 6.07) is 0.625. The highest BCUT2D eigenvalue weighted by molar-refractivity contribution is 5.19. The second kappa shape index (κ2) is 4.05. The van der Waals surface area contributed by atoms with E-state index in [2.05, 4.69) is 34.7 Å². The summed E-state index contributed by atoms with van der Waals surface area (Å²) in [7, 11) is 1.87. The maximum absolute atomic E-state index is 5.49. The molecule has 1 aromatic heterocycles. The number of aromatic nitrogens is 2. The van der Waals surface area contributed by atoms with Crippen LogP contribution in [0.25, 0.3) is 0 Å². The molecule has 0 bridgehead atoms. The van der Waals surface area contributed by atoms with Gasteiger partial charge in [-0.3, -0.25) is 0 Å². The molecule has 0 aliphatic heterocycles. The van der Waals surface area contributed by atoms with E-state index in [0.29, 0.717) is 17.3 Å². The highest BCUT2D eigenvalue weighted by Gasteiger charge is 2.45. The van der Waals surface area contributed by atoms with E-state index >= 15 is 0 Å². The molecule has 1 saturated carbocycles. The molecule has 0 radical (unpaired) electrons. The van der Waals surface area contributed by atoms with E-state index in [1.165, 1.54) is 6.42 Å². The standard InChI is InChI=1S/C11H20N4O/c1-7(12-4)9-14-15-10(16-9)13-6-8-5-11(8,2)3/h7-8,12H,5-6H2,1-4H3,(H,13,15). The van der Waals surface area contributed by atoms with Crippen LogP contribution in [0.3, 0.4) is 0 Å². The lowest BCUT2D eigenvalue weighted by molar-refractivity contribution is 0.439. The zero-order valence-corrected chi connectivity index (χ0v) is 10.4. The van der Waals surface area contributed by atoms with Crippen LogP contribution in [0.15, 0.2) is 4.42 Å². The van der Waals surface area contributed by atoms with E-state index in [4.69, 9.17) is 4.42 Å². The SMILES string of the molecule is CNC(C)c1nnc(NCC2CC2(C)C)o1. The Morgan fingerprint density at radius 1 is 1.50 bits per heavy atom. The van der Waals surface area contributed by atoms with Crippen LogP contribution in [0, 0.1) is 11.3 Å². The summed E-state index contributed by atoms with van der Waals surface area (Å²) in [5, 5.41) is 14.2. The molecule has 1 aliphatic carbocycles. The van der Waals surface area contributed by atoms with Crippen molar-refractivity contribution in [3.63, 3.8) is 0 Å². The predicted molar refractivity (Wildman–Crippen MR) is 62.2 cm³/mol. The monoisotopic (exact) mass is 224 g/mol. The molecule has 2 atom stereocenters. The molecular weight excluding hydrogens is 204 g/mol. The Balaban J connectivity index is 1.84. The van der Waals surface area contributed by atoms with Crippen LogP contribution in [0.1, 0.15) is 39.1 Å². The van der Waals surface area contributed by atoms with Crippen LogP contribution in [0.2, 0.25) is 0 Å². The van der Waals surface area contributed by atoms with Gasteiger partial charge in [0, 0.05) is 6.54 Å². The Morgan fingerprint density at radius 3 is 2.75 bits per heavy atom. The second-order valence-corrected chi connectivity index (χ2v) is 5.23. The van der Waals surface area contributed by atoms with Crippen molar-refractivity contribution in [3.8, 4) is 0 Å². The van der Waals surface area contributed by atoms with Gasteiger partial charge in [0.2, 0.25) is 5.89 Å². The fourth-order valence-electron chi connectivity index (χ4n) is 1.74. The van der Waals surface area contributed by atoms with Crippen LogP contribution in [0.4, 0.5) is 6.01 Å². The Kier molecular flexibility index (Phi) is 2.88. The van der Waals surface area contributed by atoms with Gasteiger partial charge >= 0.3 is 6.01 Å². The van der Waals surface area contributed by atoms with Crippen molar-refractivity contribution in [1.29, 1.82) is 0 Å². The van der Waals surface area contributed by atoms with Gasteiger partial charge < -0.3 is 15.1 Å². The summed E-state index contributed by atoms with van der Waals surface area (Å²) in [5.74, 6) is 1.35. The van der Waals surface area contributed by atoms with E-state index < -0.39 is 0 Å². The normalized spacial score (nSPS) is 24.1. The third-order valence-electron chi connectivity index (χ3n) is 3.46. The summed E-state index contributed by atoms with van der Waals surface area (Å²) < 4.78 is 5.49. The third kappa shape index (κ3) is 2.35. The molecule has 0 aromatic carbocycles. The van der Waals surface area contributed by atoms with Gasteiger partial charge in [-0.2, -0.15) is 0 Å². The van der Waals surface area contributed by atoms with Crippen molar-refractivity contribution in [2.75, 3.05) is 18.9 Å². The van der Waals surface area contributed by atoms with E-state index in [1.54, 1.807) is 0 Å². The van der Waals surface area contributed by atoms with Crippen LogP contribution in [0.5, 0.6) is 0 Å². The summed E-state index contributed by atoms with van der Waals surface area (Å²) in [6.45, 7) is 7.47. The quantitative estimate of drug-likeness (QED) is 0.798. The molecule has 90 valence electrons. The smallest absolute Gasteiger partial charge is 0.315 e. The number of hydrogen-bond acceptors (Lipinski definition) is 5. The van der Waals surface area contributed by atoms with Gasteiger partial charge in [-0.15, -0.1) is 5.10 Å². The lowest BCUT2D eigenvalue weighted by Gasteiger charge is -2.04. The van der Waals surface area contributed by atoms with E-state index in [9.17, 15) is 0 Å². The van der Waals surface area contributed by atoms with Gasteiger partial charge in [-0.25, -0.2) is 0 Å². The molecule has 2 N–H and O–H groups in total. The van der Waals surface area contributed by atoms with Gasteiger partial charge in [0.25, 0.3) is 0 Å². The summed E-state index contributed by atoms with van der Waals surface area (Å²) in [6.07, 6.45) is 1.27. The zero-order chi connectivity index (χ0) is 11.8. The van der Waals surface area contributed by atoms with Crippen molar-refractivity contribution in [3.05, 3.63) is 5.89 Å². The van der Waals surface area contributed by atoms with Crippen LogP contribution in [-0.4, -0.2) is 23.8 Å². The molecule has 16 heavy (non-hydrogen) atoms. The Hall–Kier alpha value is -1.10. The van der Waals surface area contributed by atoms with Crippen molar-refractivity contribution in [1.82, 2.24) is 15.5 Å². The highest BCUT2D eigenvalue weighted by atomic mass is 16.4. The van der Waals surface area contributed by atoms with Gasteiger partial charge in [0.1, 0.15) is 0 Å². The molecule has 0 amide bonds. The fourth-order valence-corrected chi connectivity index (χ4v) is 1.74.